The molecule has 16 heavy (non-hydrogen) atoms. The van der Waals surface area contributed by atoms with Crippen molar-refractivity contribution in [3.63, 3.8) is 0 Å². The van der Waals surface area contributed by atoms with Crippen LogP contribution in [0.25, 0.3) is 0 Å². The Kier molecular flexibility index (Phi) is 7.03. The summed E-state index contributed by atoms with van der Waals surface area (Å²) >= 11 is 0. The zero-order valence-corrected chi connectivity index (χ0v) is 10.1. The van der Waals surface area contributed by atoms with E-state index in [0.717, 1.165) is 13.1 Å². The van der Waals surface area contributed by atoms with Crippen LogP contribution in [0.4, 0.5) is 0 Å². The lowest BCUT2D eigenvalue weighted by Gasteiger charge is -2.26. The Balaban J connectivity index is 0.00000225. The maximum absolute atomic E-state index is 11.3. The summed E-state index contributed by atoms with van der Waals surface area (Å²) < 4.78 is 9.69. The number of esters is 1. The molecule has 0 radical (unpaired) electrons. The first kappa shape index (κ1) is 15.2. The molecule has 7 heteroatoms. The predicted octanol–water partition coefficient (Wildman–Crippen LogP) is -0.926. The molecule has 0 bridgehead atoms. The van der Waals surface area contributed by atoms with Crippen molar-refractivity contribution in [3.05, 3.63) is 0 Å². The Morgan fingerprint density at radius 2 is 2.12 bits per heavy atom. The third-order valence-corrected chi connectivity index (χ3v) is 2.13. The first-order chi connectivity index (χ1) is 7.13. The van der Waals surface area contributed by atoms with E-state index in [1.165, 1.54) is 7.11 Å². The van der Waals surface area contributed by atoms with Gasteiger partial charge in [0.25, 0.3) is 0 Å². The van der Waals surface area contributed by atoms with Crippen molar-refractivity contribution < 1.29 is 19.1 Å². The van der Waals surface area contributed by atoms with E-state index in [1.54, 1.807) is 6.92 Å². The van der Waals surface area contributed by atoms with Crippen molar-refractivity contribution in [2.75, 3.05) is 26.8 Å². The van der Waals surface area contributed by atoms with Gasteiger partial charge in [-0.2, -0.15) is 0 Å². The Morgan fingerprint density at radius 3 is 2.56 bits per heavy atom. The summed E-state index contributed by atoms with van der Waals surface area (Å²) in [4.78, 5) is 22.2. The lowest BCUT2D eigenvalue weighted by atomic mass is 10.2. The van der Waals surface area contributed by atoms with Gasteiger partial charge in [-0.15, -0.1) is 12.4 Å². The van der Waals surface area contributed by atoms with Crippen LogP contribution in [0, 0.1) is 0 Å². The van der Waals surface area contributed by atoms with E-state index in [9.17, 15) is 9.59 Å². The zero-order valence-electron chi connectivity index (χ0n) is 9.32. The molecule has 1 amide bonds. The molecular formula is C9H17ClN2O4. The van der Waals surface area contributed by atoms with Gasteiger partial charge in [0.1, 0.15) is 12.6 Å². The van der Waals surface area contributed by atoms with E-state index in [0.29, 0.717) is 0 Å². The third kappa shape index (κ3) is 4.78. The maximum Gasteiger partial charge on any atom is 0.328 e. The van der Waals surface area contributed by atoms with Crippen LogP contribution in [0.3, 0.4) is 0 Å². The van der Waals surface area contributed by atoms with Crippen LogP contribution in [0.1, 0.15) is 6.92 Å². The van der Waals surface area contributed by atoms with Crippen molar-refractivity contribution in [2.45, 2.75) is 19.1 Å². The molecule has 1 atom stereocenters. The smallest absolute Gasteiger partial charge is 0.328 e. The fourth-order valence-electron chi connectivity index (χ4n) is 1.09. The second kappa shape index (κ2) is 7.43. The molecule has 2 N–H and O–H groups in total. The van der Waals surface area contributed by atoms with Crippen LogP contribution < -0.4 is 10.6 Å². The van der Waals surface area contributed by atoms with Gasteiger partial charge in [-0.05, 0) is 6.92 Å². The number of carbonyl (C=O) groups excluding carboxylic acids is 2. The molecule has 0 aromatic rings. The second-order valence-corrected chi connectivity index (χ2v) is 3.40. The summed E-state index contributed by atoms with van der Waals surface area (Å²) in [7, 11) is 1.28. The molecule has 1 rings (SSSR count). The van der Waals surface area contributed by atoms with Gasteiger partial charge < -0.3 is 20.1 Å². The molecule has 6 nitrogen and oxygen atoms in total. The fourth-order valence-corrected chi connectivity index (χ4v) is 1.09. The van der Waals surface area contributed by atoms with Gasteiger partial charge >= 0.3 is 5.97 Å². The highest BCUT2D eigenvalue weighted by Crippen LogP contribution is 1.97. The Hall–Kier alpha value is -0.850. The molecule has 0 saturated carbocycles. The molecule has 1 fully saturated rings. The zero-order chi connectivity index (χ0) is 11.3. The quantitative estimate of drug-likeness (QED) is 0.619. The first-order valence-electron chi connectivity index (χ1n) is 4.83. The summed E-state index contributed by atoms with van der Waals surface area (Å²) in [6.07, 6.45) is 0.115. The van der Waals surface area contributed by atoms with Crippen LogP contribution in [-0.2, 0) is 19.1 Å². The normalized spacial score (nSPS) is 16.6. The van der Waals surface area contributed by atoms with Crippen molar-refractivity contribution in [3.8, 4) is 0 Å². The fraction of sp³-hybridized carbons (Fsp3) is 0.778. The van der Waals surface area contributed by atoms with Crippen molar-refractivity contribution in [1.82, 2.24) is 10.6 Å². The van der Waals surface area contributed by atoms with Gasteiger partial charge in [0.05, 0.1) is 13.2 Å². The minimum Gasteiger partial charge on any atom is -0.467 e. The highest BCUT2D eigenvalue weighted by molar-refractivity contribution is 5.85. The number of amides is 1. The summed E-state index contributed by atoms with van der Waals surface area (Å²) in [5, 5.41) is 5.50. The average molecular weight is 253 g/mol. The van der Waals surface area contributed by atoms with Gasteiger partial charge in [0.2, 0.25) is 5.91 Å². The van der Waals surface area contributed by atoms with Crippen LogP contribution in [0.5, 0.6) is 0 Å². The number of carbonyl (C=O) groups is 2. The number of nitrogens with one attached hydrogen (secondary N) is 2. The summed E-state index contributed by atoms with van der Waals surface area (Å²) in [6.45, 7) is 3.10. The molecule has 1 aliphatic rings. The maximum atomic E-state index is 11.3. The van der Waals surface area contributed by atoms with Crippen molar-refractivity contribution >= 4 is 24.3 Å². The van der Waals surface area contributed by atoms with E-state index >= 15 is 0 Å². The lowest BCUT2D eigenvalue weighted by molar-refractivity contribution is -0.145. The van der Waals surface area contributed by atoms with Gasteiger partial charge in [0.15, 0.2) is 0 Å². The topological polar surface area (TPSA) is 76.7 Å². The molecule has 1 saturated heterocycles. The number of rotatable bonds is 5. The molecule has 1 aliphatic heterocycles. The Bertz CT molecular complexity index is 246. The minimum atomic E-state index is -0.634. The summed E-state index contributed by atoms with van der Waals surface area (Å²) in [5.74, 6) is -0.770. The Labute approximate surface area is 100 Å². The second-order valence-electron chi connectivity index (χ2n) is 3.40. The van der Waals surface area contributed by atoms with Crippen LogP contribution in [-0.4, -0.2) is 50.8 Å². The van der Waals surface area contributed by atoms with Crippen LogP contribution >= 0.6 is 12.4 Å². The van der Waals surface area contributed by atoms with Crippen LogP contribution in [0.2, 0.25) is 0 Å². The molecule has 0 aromatic heterocycles. The first-order valence-corrected chi connectivity index (χ1v) is 4.83. The van der Waals surface area contributed by atoms with Crippen molar-refractivity contribution in [1.29, 1.82) is 0 Å². The van der Waals surface area contributed by atoms with Gasteiger partial charge in [-0.25, -0.2) is 4.79 Å². The highest BCUT2D eigenvalue weighted by Gasteiger charge is 2.20. The predicted molar refractivity (Wildman–Crippen MR) is 59.5 cm³/mol. The third-order valence-electron chi connectivity index (χ3n) is 2.13. The number of methoxy groups -OCH3 is 1. The molecule has 0 spiro atoms. The average Bonchev–Trinajstić information content (AvgIpc) is 2.14. The molecule has 94 valence electrons. The minimum absolute atomic E-state index is 0. The van der Waals surface area contributed by atoms with Gasteiger partial charge in [-0.1, -0.05) is 0 Å². The molecular weight excluding hydrogens is 236 g/mol. The van der Waals surface area contributed by atoms with Crippen molar-refractivity contribution in [2.24, 2.45) is 0 Å². The van der Waals surface area contributed by atoms with E-state index in [1.807, 2.05) is 0 Å². The molecule has 0 aromatic carbocycles. The largest absolute Gasteiger partial charge is 0.467 e. The lowest BCUT2D eigenvalue weighted by Crippen LogP contribution is -2.50. The van der Waals surface area contributed by atoms with E-state index < -0.39 is 12.0 Å². The van der Waals surface area contributed by atoms with Gasteiger partial charge in [0, 0.05) is 13.1 Å². The Morgan fingerprint density at radius 1 is 1.50 bits per heavy atom. The SMILES string of the molecule is COC(=O)[C@@H](C)NC(=O)COC1CNC1.Cl. The number of hydrogen-bond donors (Lipinski definition) is 2. The summed E-state index contributed by atoms with van der Waals surface area (Å²) in [5.41, 5.74) is 0. The van der Waals surface area contributed by atoms with Gasteiger partial charge in [-0.3, -0.25) is 4.79 Å². The van der Waals surface area contributed by atoms with E-state index in [2.05, 4.69) is 15.4 Å². The summed E-state index contributed by atoms with van der Waals surface area (Å²) in [6, 6.07) is -0.634. The van der Waals surface area contributed by atoms with E-state index in [4.69, 9.17) is 4.74 Å². The molecule has 0 unspecified atom stereocenters. The standard InChI is InChI=1S/C9H16N2O4.ClH/c1-6(9(13)14-2)11-8(12)5-15-7-3-10-4-7;/h6-7,10H,3-5H2,1-2H3,(H,11,12);1H/t6-;/m1./s1. The molecule has 0 aliphatic carbocycles. The number of halogens is 1. The number of ether oxygens (including phenoxy) is 2. The molecule has 1 heterocycles. The monoisotopic (exact) mass is 252 g/mol. The number of hydrogen-bond acceptors (Lipinski definition) is 5. The van der Waals surface area contributed by atoms with Crippen LogP contribution in [0.15, 0.2) is 0 Å². The highest BCUT2D eigenvalue weighted by atomic mass is 35.5. The van der Waals surface area contributed by atoms with E-state index in [-0.39, 0.29) is 31.0 Å².